The van der Waals surface area contributed by atoms with Gasteiger partial charge >= 0.3 is 6.09 Å². The van der Waals surface area contributed by atoms with Gasteiger partial charge < -0.3 is 4.74 Å². The highest BCUT2D eigenvalue weighted by molar-refractivity contribution is 6.20. The number of allylic oxidation sites excluding steroid dienone is 2. The van der Waals surface area contributed by atoms with E-state index in [1.165, 1.54) is 0 Å². The average molecular weight is 441 g/mol. The van der Waals surface area contributed by atoms with Crippen LogP contribution in [0.2, 0.25) is 0 Å². The fraction of sp³-hybridized carbons (Fsp3) is 0.393. The van der Waals surface area contributed by atoms with Gasteiger partial charge in [-0.3, -0.25) is 14.7 Å². The predicted octanol–water partition coefficient (Wildman–Crippen LogP) is 5.38. The zero-order valence-corrected chi connectivity index (χ0v) is 18.7. The number of anilines is 1. The molecule has 0 radical (unpaired) electrons. The average Bonchev–Trinajstić information content (AvgIpc) is 3.31. The molecule has 2 spiro atoms. The largest absolute Gasteiger partial charge is 0.444 e. The Morgan fingerprint density at radius 3 is 2.52 bits per heavy atom. The number of amides is 1. The van der Waals surface area contributed by atoms with E-state index in [1.54, 1.807) is 4.90 Å². The summed E-state index contributed by atoms with van der Waals surface area (Å²) in [4.78, 5) is 34.1. The molecule has 5 nitrogen and oxygen atoms in total. The van der Waals surface area contributed by atoms with Crippen LogP contribution in [0.15, 0.2) is 71.7 Å². The van der Waals surface area contributed by atoms with E-state index < -0.39 is 5.41 Å². The Kier molecular flexibility index (Phi) is 4.75. The summed E-state index contributed by atoms with van der Waals surface area (Å²) in [7, 11) is 0. The number of ether oxygens (including phenoxy) is 1. The zero-order chi connectivity index (χ0) is 22.5. The molecule has 5 heteroatoms. The smallest absolute Gasteiger partial charge is 0.414 e. The van der Waals surface area contributed by atoms with Crippen LogP contribution in [0.4, 0.5) is 10.5 Å². The lowest BCUT2D eigenvalue weighted by Crippen LogP contribution is -2.62. The fourth-order valence-electron chi connectivity index (χ4n) is 6.72. The first kappa shape index (κ1) is 20.4. The highest BCUT2D eigenvalue weighted by Crippen LogP contribution is 2.60. The maximum atomic E-state index is 13.8. The Morgan fingerprint density at radius 1 is 1.00 bits per heavy atom. The SMILES string of the molecule is O=C(OCc1ccccc1)N1c2ccccc2[C@]23CCN=C2C2(CCC=CCC2)C(=O)C[C@H]13. The van der Waals surface area contributed by atoms with Crippen molar-refractivity contribution in [3.8, 4) is 0 Å². The minimum atomic E-state index is -0.506. The van der Waals surface area contributed by atoms with Crippen molar-refractivity contribution in [1.29, 1.82) is 0 Å². The molecule has 168 valence electrons. The Labute approximate surface area is 194 Å². The first-order valence-electron chi connectivity index (χ1n) is 12.0. The molecule has 2 aliphatic heterocycles. The van der Waals surface area contributed by atoms with Gasteiger partial charge in [0.1, 0.15) is 12.4 Å². The maximum Gasteiger partial charge on any atom is 0.414 e. The minimum Gasteiger partial charge on any atom is -0.444 e. The highest BCUT2D eigenvalue weighted by atomic mass is 16.6. The summed E-state index contributed by atoms with van der Waals surface area (Å²) in [6, 6.07) is 17.6. The highest BCUT2D eigenvalue weighted by Gasteiger charge is 2.66. The van der Waals surface area contributed by atoms with Crippen LogP contribution in [-0.4, -0.2) is 30.2 Å². The normalized spacial score (nSPS) is 26.9. The van der Waals surface area contributed by atoms with Gasteiger partial charge in [-0.25, -0.2) is 4.79 Å². The number of carbonyl (C=O) groups is 2. The number of hydrogen-bond donors (Lipinski definition) is 0. The molecule has 1 saturated carbocycles. The standard InChI is InChI=1S/C28H28N2O3/c31-24-18-23-28(16-17-29-25(28)27(24)14-8-1-2-9-15-27)21-12-6-7-13-22(21)30(23)26(32)33-19-20-10-4-3-5-11-20/h1-7,10-13,23H,8-9,14-19H2/t23-,28-/m0/s1. The summed E-state index contributed by atoms with van der Waals surface area (Å²) in [5, 5.41) is 0. The molecule has 1 amide bonds. The van der Waals surface area contributed by atoms with Crippen molar-refractivity contribution in [3.63, 3.8) is 0 Å². The third-order valence-corrected chi connectivity index (χ3v) is 8.13. The molecule has 0 N–H and O–H groups in total. The van der Waals surface area contributed by atoms with Gasteiger partial charge in [-0.05, 0) is 49.3 Å². The first-order valence-corrected chi connectivity index (χ1v) is 12.0. The van der Waals surface area contributed by atoms with E-state index in [-0.39, 0.29) is 29.9 Å². The van der Waals surface area contributed by atoms with Crippen molar-refractivity contribution in [3.05, 3.63) is 77.9 Å². The number of nitrogens with zero attached hydrogens (tertiary/aromatic N) is 2. The van der Waals surface area contributed by atoms with Gasteiger partial charge in [-0.2, -0.15) is 0 Å². The molecule has 33 heavy (non-hydrogen) atoms. The van der Waals surface area contributed by atoms with Crippen molar-refractivity contribution in [2.24, 2.45) is 10.4 Å². The molecule has 0 aromatic heterocycles. The van der Waals surface area contributed by atoms with Gasteiger partial charge in [-0.1, -0.05) is 60.7 Å². The number of fused-ring (bicyclic) bond motifs is 2. The van der Waals surface area contributed by atoms with Gasteiger partial charge in [0.15, 0.2) is 0 Å². The van der Waals surface area contributed by atoms with Crippen molar-refractivity contribution in [2.45, 2.75) is 56.6 Å². The maximum absolute atomic E-state index is 13.8. The van der Waals surface area contributed by atoms with E-state index in [1.807, 2.05) is 48.5 Å². The third kappa shape index (κ3) is 2.87. The third-order valence-electron chi connectivity index (χ3n) is 8.13. The van der Waals surface area contributed by atoms with E-state index in [2.05, 4.69) is 18.2 Å². The van der Waals surface area contributed by atoms with Gasteiger partial charge in [0.25, 0.3) is 0 Å². The lowest BCUT2D eigenvalue weighted by atomic mass is 9.54. The van der Waals surface area contributed by atoms with Crippen molar-refractivity contribution in [2.75, 3.05) is 11.4 Å². The Morgan fingerprint density at radius 2 is 1.73 bits per heavy atom. The molecule has 2 heterocycles. The molecule has 2 aromatic rings. The summed E-state index contributed by atoms with van der Waals surface area (Å²) in [6.07, 6.45) is 8.64. The van der Waals surface area contributed by atoms with Crippen molar-refractivity contribution >= 4 is 23.3 Å². The topological polar surface area (TPSA) is 59.0 Å². The van der Waals surface area contributed by atoms with Crippen LogP contribution in [0.1, 0.15) is 49.7 Å². The van der Waals surface area contributed by atoms with Crippen LogP contribution in [0.3, 0.4) is 0 Å². The lowest BCUT2D eigenvalue weighted by molar-refractivity contribution is -0.127. The van der Waals surface area contributed by atoms with Crippen molar-refractivity contribution < 1.29 is 14.3 Å². The molecule has 2 atom stereocenters. The van der Waals surface area contributed by atoms with E-state index in [4.69, 9.17) is 9.73 Å². The van der Waals surface area contributed by atoms with Crippen LogP contribution in [-0.2, 0) is 21.6 Å². The van der Waals surface area contributed by atoms with Crippen LogP contribution in [0, 0.1) is 5.41 Å². The number of para-hydroxylation sites is 1. The van der Waals surface area contributed by atoms with Crippen LogP contribution in [0.25, 0.3) is 0 Å². The second-order valence-electron chi connectivity index (χ2n) is 9.65. The van der Waals surface area contributed by atoms with Gasteiger partial charge in [0.05, 0.1) is 22.6 Å². The summed E-state index contributed by atoms with van der Waals surface area (Å²) >= 11 is 0. The second-order valence-corrected chi connectivity index (χ2v) is 9.65. The van der Waals surface area contributed by atoms with Crippen molar-refractivity contribution in [1.82, 2.24) is 0 Å². The van der Waals surface area contributed by atoms with E-state index in [0.29, 0.717) is 13.0 Å². The summed E-state index contributed by atoms with van der Waals surface area (Å²) < 4.78 is 5.78. The number of ketones is 1. The van der Waals surface area contributed by atoms with Gasteiger partial charge in [0, 0.05) is 18.7 Å². The quantitative estimate of drug-likeness (QED) is 0.589. The molecule has 0 unspecified atom stereocenters. The minimum absolute atomic E-state index is 0.211. The molecular weight excluding hydrogens is 412 g/mol. The van der Waals surface area contributed by atoms with E-state index in [9.17, 15) is 9.59 Å². The number of rotatable bonds is 2. The molecule has 1 fully saturated rings. The number of Topliss-reactive ketones (excluding diaryl/α,β-unsaturated/α-hetero) is 1. The van der Waals surface area contributed by atoms with E-state index in [0.717, 1.165) is 54.6 Å². The summed E-state index contributed by atoms with van der Waals surface area (Å²) in [6.45, 7) is 0.915. The molecule has 6 rings (SSSR count). The zero-order valence-electron chi connectivity index (χ0n) is 18.7. The van der Waals surface area contributed by atoms with Crippen LogP contribution < -0.4 is 4.90 Å². The molecule has 0 bridgehead atoms. The first-order chi connectivity index (χ1) is 16.2. The van der Waals surface area contributed by atoms with Gasteiger partial charge in [0.2, 0.25) is 0 Å². The lowest BCUT2D eigenvalue weighted by Gasteiger charge is -2.48. The predicted molar refractivity (Wildman–Crippen MR) is 128 cm³/mol. The Hall–Kier alpha value is -3.21. The Balaban J connectivity index is 1.41. The fourth-order valence-corrected chi connectivity index (χ4v) is 6.72. The monoisotopic (exact) mass is 440 g/mol. The van der Waals surface area contributed by atoms with E-state index >= 15 is 0 Å². The Bertz CT molecular complexity index is 1160. The summed E-state index contributed by atoms with van der Waals surface area (Å²) in [5.41, 5.74) is 3.08. The molecule has 2 aromatic carbocycles. The van der Waals surface area contributed by atoms with Crippen LogP contribution in [0.5, 0.6) is 0 Å². The molecule has 2 aliphatic carbocycles. The molecular formula is C28H28N2O3. The number of benzene rings is 2. The number of hydrogen-bond acceptors (Lipinski definition) is 4. The van der Waals surface area contributed by atoms with Crippen LogP contribution >= 0.6 is 0 Å². The number of aliphatic imine (C=N–C) groups is 1. The number of carbonyl (C=O) groups excluding carboxylic acids is 2. The molecule has 0 saturated heterocycles. The summed E-state index contributed by atoms with van der Waals surface area (Å²) in [5.74, 6) is 0.237. The van der Waals surface area contributed by atoms with Gasteiger partial charge in [-0.15, -0.1) is 0 Å². The second kappa shape index (κ2) is 7.68. The molecule has 4 aliphatic rings.